The highest BCUT2D eigenvalue weighted by molar-refractivity contribution is 7.40. The summed E-state index contributed by atoms with van der Waals surface area (Å²) in [6, 6.07) is 0. The molecule has 0 amide bonds. The van der Waals surface area contributed by atoms with Gasteiger partial charge in [-0.1, -0.05) is 13.1 Å². The average molecular weight is 189 g/mol. The van der Waals surface area contributed by atoms with Gasteiger partial charge in [0.1, 0.15) is 7.38 Å². The van der Waals surface area contributed by atoms with Crippen molar-refractivity contribution in [3.63, 3.8) is 0 Å². The molecule has 0 aliphatic rings. The fourth-order valence-electron chi connectivity index (χ4n) is 0.367. The van der Waals surface area contributed by atoms with Crippen LogP contribution in [-0.2, 0) is 0 Å². The Labute approximate surface area is 66.1 Å². The molecule has 0 saturated heterocycles. The van der Waals surface area contributed by atoms with E-state index in [-0.39, 0.29) is 5.54 Å². The van der Waals surface area contributed by atoms with Crippen LogP contribution in [-0.4, -0.2) is 12.9 Å². The van der Waals surface area contributed by atoms with Crippen LogP contribution in [0.1, 0.15) is 0 Å². The molecule has 5 heteroatoms. The zero-order chi connectivity index (χ0) is 6.78. The van der Waals surface area contributed by atoms with E-state index in [9.17, 15) is 0 Å². The molecule has 0 saturated carbocycles. The molecule has 0 aliphatic carbocycles. The Kier molecular flexibility index (Phi) is 3.84. The molecule has 0 atom stereocenters. The molecule has 0 rings (SSSR count). The summed E-state index contributed by atoms with van der Waals surface area (Å²) in [5.41, 5.74) is -0.283. The SMILES string of the molecule is C[Si](C)(Cl)CB(Cl)Cl. The highest BCUT2D eigenvalue weighted by Crippen LogP contribution is 2.18. The van der Waals surface area contributed by atoms with E-state index < -0.39 is 7.38 Å². The van der Waals surface area contributed by atoms with Crippen LogP contribution in [0.3, 0.4) is 0 Å². The van der Waals surface area contributed by atoms with Gasteiger partial charge in [-0.05, 0) is 5.94 Å². The molecular formula is C3H8BCl3Si. The van der Waals surface area contributed by atoms with Gasteiger partial charge in [-0.3, -0.25) is 0 Å². The Morgan fingerprint density at radius 1 is 1.38 bits per heavy atom. The van der Waals surface area contributed by atoms with Crippen LogP contribution in [0.2, 0.25) is 19.0 Å². The number of hydrogen-bond acceptors (Lipinski definition) is 0. The summed E-state index contributed by atoms with van der Waals surface area (Å²) < 4.78 is 0. The van der Waals surface area contributed by atoms with Gasteiger partial charge in [0.25, 0.3) is 0 Å². The maximum Gasteiger partial charge on any atom is 0.350 e. The Balaban J connectivity index is 3.39. The fraction of sp³-hybridized carbons (Fsp3) is 1.00. The maximum atomic E-state index is 5.90. The molecular weight excluding hydrogens is 181 g/mol. The van der Waals surface area contributed by atoms with E-state index in [1.165, 1.54) is 0 Å². The van der Waals surface area contributed by atoms with Crippen molar-refractivity contribution >= 4 is 46.9 Å². The van der Waals surface area contributed by atoms with Crippen LogP contribution in [0.4, 0.5) is 0 Å². The third-order valence-corrected chi connectivity index (χ3v) is 3.31. The standard InChI is InChI=1S/C3H8BCl3Si/c1-8(2,7)3-4(5)6/h3H2,1-2H3. The smallest absolute Gasteiger partial charge is 0.172 e. The van der Waals surface area contributed by atoms with E-state index in [2.05, 4.69) is 0 Å². The second kappa shape index (κ2) is 3.35. The summed E-state index contributed by atoms with van der Waals surface area (Å²) in [7, 11) is -1.51. The van der Waals surface area contributed by atoms with Crippen molar-refractivity contribution in [2.75, 3.05) is 0 Å². The third kappa shape index (κ3) is 7.15. The molecule has 0 nitrogen and oxygen atoms in total. The number of halogens is 3. The summed E-state index contributed by atoms with van der Waals surface area (Å²) in [6.45, 7) is 4.04. The molecule has 0 spiro atoms. The Morgan fingerprint density at radius 3 is 1.75 bits per heavy atom. The molecule has 0 heterocycles. The van der Waals surface area contributed by atoms with Gasteiger partial charge < -0.3 is 0 Å². The van der Waals surface area contributed by atoms with Crippen LogP contribution in [0.15, 0.2) is 0 Å². The van der Waals surface area contributed by atoms with Crippen molar-refractivity contribution in [3.8, 4) is 0 Å². The first-order valence-corrected chi connectivity index (χ1v) is 7.48. The first-order chi connectivity index (χ1) is 3.42. The molecule has 0 unspecified atom stereocenters. The summed E-state index contributed by atoms with van der Waals surface area (Å²) in [4.78, 5) is 0. The molecule has 0 radical (unpaired) electrons. The lowest BCUT2D eigenvalue weighted by molar-refractivity contribution is 1.77. The fourth-order valence-corrected chi connectivity index (χ4v) is 4.35. The van der Waals surface area contributed by atoms with Gasteiger partial charge in [-0.25, -0.2) is 0 Å². The van der Waals surface area contributed by atoms with Gasteiger partial charge in [0.15, 0.2) is 0 Å². The lowest BCUT2D eigenvalue weighted by Crippen LogP contribution is -2.20. The van der Waals surface area contributed by atoms with Crippen LogP contribution in [0, 0.1) is 0 Å². The van der Waals surface area contributed by atoms with Crippen molar-refractivity contribution in [1.29, 1.82) is 0 Å². The summed E-state index contributed by atoms with van der Waals surface area (Å²) >= 11 is 16.9. The minimum absolute atomic E-state index is 0.283. The quantitative estimate of drug-likeness (QED) is 0.463. The molecule has 0 aromatic carbocycles. The summed E-state index contributed by atoms with van der Waals surface area (Å²) in [5, 5.41) is 0. The van der Waals surface area contributed by atoms with Crippen molar-refractivity contribution < 1.29 is 0 Å². The van der Waals surface area contributed by atoms with Gasteiger partial charge in [0.05, 0.1) is 0 Å². The van der Waals surface area contributed by atoms with Crippen LogP contribution >= 0.6 is 34.0 Å². The summed E-state index contributed by atoms with van der Waals surface area (Å²) in [6.07, 6.45) is 0. The van der Waals surface area contributed by atoms with E-state index >= 15 is 0 Å². The van der Waals surface area contributed by atoms with Crippen molar-refractivity contribution in [1.82, 2.24) is 0 Å². The minimum atomic E-state index is -1.51. The van der Waals surface area contributed by atoms with Gasteiger partial charge >= 0.3 is 5.54 Å². The van der Waals surface area contributed by atoms with Crippen LogP contribution in [0.25, 0.3) is 0 Å². The van der Waals surface area contributed by atoms with E-state index in [1.54, 1.807) is 0 Å². The van der Waals surface area contributed by atoms with Crippen molar-refractivity contribution in [2.24, 2.45) is 0 Å². The maximum absolute atomic E-state index is 5.90. The molecule has 0 aliphatic heterocycles. The normalized spacial score (nSPS) is 11.6. The highest BCUT2D eigenvalue weighted by Gasteiger charge is 2.22. The van der Waals surface area contributed by atoms with E-state index in [0.29, 0.717) is 0 Å². The predicted octanol–water partition coefficient (Wildman–Crippen LogP) is 2.94. The van der Waals surface area contributed by atoms with Gasteiger partial charge in [0.2, 0.25) is 0 Å². The Bertz CT molecular complexity index is 69.4. The molecule has 0 aromatic heterocycles. The lowest BCUT2D eigenvalue weighted by atomic mass is 10.2. The topological polar surface area (TPSA) is 0 Å². The van der Waals surface area contributed by atoms with Gasteiger partial charge in [-0.2, -0.15) is 34.0 Å². The first-order valence-electron chi connectivity index (χ1n) is 2.39. The minimum Gasteiger partial charge on any atom is -0.172 e. The first kappa shape index (κ1) is 9.15. The van der Waals surface area contributed by atoms with Crippen LogP contribution < -0.4 is 0 Å². The average Bonchev–Trinajstić information content (AvgIpc) is 1.21. The zero-order valence-electron chi connectivity index (χ0n) is 4.92. The molecule has 0 aromatic rings. The molecule has 0 bridgehead atoms. The predicted molar refractivity (Wildman–Crippen MR) is 45.6 cm³/mol. The molecule has 48 valence electrons. The highest BCUT2D eigenvalue weighted by atomic mass is 35.6. The number of hydrogen-bond donors (Lipinski definition) is 0. The van der Waals surface area contributed by atoms with Gasteiger partial charge in [0, 0.05) is 0 Å². The monoisotopic (exact) mass is 188 g/mol. The Hall–Kier alpha value is 1.15. The summed E-state index contributed by atoms with van der Waals surface area (Å²) in [5.74, 6) is 0.762. The second-order valence-electron chi connectivity index (χ2n) is 2.31. The number of rotatable bonds is 2. The van der Waals surface area contributed by atoms with Crippen molar-refractivity contribution in [3.05, 3.63) is 0 Å². The third-order valence-electron chi connectivity index (χ3n) is 0.640. The Morgan fingerprint density at radius 2 is 1.75 bits per heavy atom. The van der Waals surface area contributed by atoms with Crippen LogP contribution in [0.5, 0.6) is 0 Å². The van der Waals surface area contributed by atoms with Crippen molar-refractivity contribution in [2.45, 2.75) is 19.0 Å². The largest absolute Gasteiger partial charge is 0.350 e. The van der Waals surface area contributed by atoms with Gasteiger partial charge in [-0.15, -0.1) is 0 Å². The lowest BCUT2D eigenvalue weighted by Gasteiger charge is -2.09. The zero-order valence-corrected chi connectivity index (χ0v) is 8.19. The van der Waals surface area contributed by atoms with E-state index in [1.807, 2.05) is 13.1 Å². The molecule has 0 fully saturated rings. The second-order valence-corrected chi connectivity index (χ2v) is 10.5. The molecule has 0 N–H and O–H groups in total. The molecule has 8 heavy (non-hydrogen) atoms. The van der Waals surface area contributed by atoms with E-state index in [4.69, 9.17) is 34.0 Å². The van der Waals surface area contributed by atoms with E-state index in [0.717, 1.165) is 5.94 Å².